The first-order valence-corrected chi connectivity index (χ1v) is 8.65. The average molecular weight is 394 g/mol. The number of hydrogen-bond acceptors (Lipinski definition) is 5. The van der Waals surface area contributed by atoms with E-state index in [0.29, 0.717) is 13.1 Å². The van der Waals surface area contributed by atoms with Gasteiger partial charge in [-0.3, -0.25) is 0 Å². The second kappa shape index (κ2) is 6.37. The maximum atomic E-state index is 9.96. The zero-order valence-corrected chi connectivity index (χ0v) is 15.3. The van der Waals surface area contributed by atoms with Gasteiger partial charge in [0.2, 0.25) is 0 Å². The van der Waals surface area contributed by atoms with Gasteiger partial charge in [-0.05, 0) is 24.3 Å². The van der Waals surface area contributed by atoms with Crippen LogP contribution < -0.4 is 5.73 Å². The fourth-order valence-corrected chi connectivity index (χ4v) is 4.43. The maximum Gasteiger partial charge on any atom is 0.191 e. The molecule has 0 saturated heterocycles. The van der Waals surface area contributed by atoms with Gasteiger partial charge in [-0.2, -0.15) is 15.8 Å². The van der Waals surface area contributed by atoms with Gasteiger partial charge in [0.25, 0.3) is 0 Å². The summed E-state index contributed by atoms with van der Waals surface area (Å²) in [5, 5.41) is 29.5. The molecular formula is C19H16BrN5. The minimum atomic E-state index is -1.57. The third-order valence-electron chi connectivity index (χ3n) is 5.09. The number of benzene rings is 1. The van der Waals surface area contributed by atoms with Gasteiger partial charge in [0.1, 0.15) is 6.07 Å². The van der Waals surface area contributed by atoms with Crippen molar-refractivity contribution in [1.29, 1.82) is 15.8 Å². The third-order valence-corrected chi connectivity index (χ3v) is 5.81. The monoisotopic (exact) mass is 393 g/mol. The van der Waals surface area contributed by atoms with Crippen LogP contribution in [-0.2, 0) is 0 Å². The molecule has 6 heteroatoms. The smallest absolute Gasteiger partial charge is 0.191 e. The normalized spacial score (nSPS) is 25.2. The molecule has 2 N–H and O–H groups in total. The highest BCUT2D eigenvalue weighted by Gasteiger charge is 2.54. The summed E-state index contributed by atoms with van der Waals surface area (Å²) < 4.78 is 0.829. The molecule has 1 aromatic carbocycles. The van der Waals surface area contributed by atoms with Gasteiger partial charge in [0.15, 0.2) is 5.41 Å². The fourth-order valence-electron chi connectivity index (χ4n) is 3.90. The van der Waals surface area contributed by atoms with Gasteiger partial charge in [-0.1, -0.05) is 40.2 Å². The Kier molecular flexibility index (Phi) is 4.39. The molecule has 0 amide bonds. The predicted molar refractivity (Wildman–Crippen MR) is 96.4 cm³/mol. The molecule has 2 unspecified atom stereocenters. The zero-order valence-electron chi connectivity index (χ0n) is 13.7. The van der Waals surface area contributed by atoms with Crippen LogP contribution in [0, 0.1) is 45.3 Å². The molecule has 2 atom stereocenters. The van der Waals surface area contributed by atoms with Crippen molar-refractivity contribution in [2.24, 2.45) is 17.1 Å². The predicted octanol–water partition coefficient (Wildman–Crippen LogP) is 2.80. The van der Waals surface area contributed by atoms with Gasteiger partial charge in [-0.15, -0.1) is 0 Å². The molecule has 1 aromatic rings. The molecule has 0 spiro atoms. The Bertz CT molecular complexity index is 895. The van der Waals surface area contributed by atoms with Crippen molar-refractivity contribution in [2.45, 2.75) is 5.92 Å². The van der Waals surface area contributed by atoms with Gasteiger partial charge in [0, 0.05) is 29.4 Å². The first-order valence-electron chi connectivity index (χ1n) is 7.86. The number of nitriles is 3. The van der Waals surface area contributed by atoms with E-state index in [1.807, 2.05) is 37.4 Å². The third kappa shape index (κ3) is 2.45. The highest BCUT2D eigenvalue weighted by atomic mass is 79.9. The quantitative estimate of drug-likeness (QED) is 0.790. The SMILES string of the molecule is CN1CC=C2C(C#N)=C(N)C(C#N)(C#N)C(c3ccccc3Br)C2C1. The van der Waals surface area contributed by atoms with E-state index in [-0.39, 0.29) is 17.2 Å². The minimum absolute atomic E-state index is 0.0628. The molecule has 0 saturated carbocycles. The Morgan fingerprint density at radius 1 is 1.24 bits per heavy atom. The highest BCUT2D eigenvalue weighted by Crippen LogP contribution is 2.55. The summed E-state index contributed by atoms with van der Waals surface area (Å²) in [6, 6.07) is 14.0. The molecule has 124 valence electrons. The summed E-state index contributed by atoms with van der Waals surface area (Å²) in [6.07, 6.45) is 1.99. The Labute approximate surface area is 155 Å². The molecule has 0 fully saturated rings. The Balaban J connectivity index is 2.37. The lowest BCUT2D eigenvalue weighted by molar-refractivity contribution is 0.237. The van der Waals surface area contributed by atoms with E-state index in [2.05, 4.69) is 39.0 Å². The Morgan fingerprint density at radius 3 is 2.52 bits per heavy atom. The van der Waals surface area contributed by atoms with Crippen molar-refractivity contribution in [2.75, 3.05) is 20.1 Å². The van der Waals surface area contributed by atoms with Crippen LogP contribution in [0.4, 0.5) is 0 Å². The number of likely N-dealkylation sites (N-methyl/N-ethyl adjacent to an activating group) is 1. The summed E-state index contributed by atoms with van der Waals surface area (Å²) in [5.41, 5.74) is 6.73. The number of halogens is 1. The first kappa shape index (κ1) is 17.2. The molecule has 2 aliphatic rings. The molecule has 0 bridgehead atoms. The highest BCUT2D eigenvalue weighted by molar-refractivity contribution is 9.10. The molecule has 1 heterocycles. The van der Waals surface area contributed by atoms with Crippen molar-refractivity contribution in [3.63, 3.8) is 0 Å². The number of fused-ring (bicyclic) bond motifs is 1. The van der Waals surface area contributed by atoms with Crippen molar-refractivity contribution >= 4 is 15.9 Å². The molecule has 5 nitrogen and oxygen atoms in total. The van der Waals surface area contributed by atoms with Crippen LogP contribution in [-0.4, -0.2) is 25.0 Å². The lowest BCUT2D eigenvalue weighted by Crippen LogP contribution is -2.47. The van der Waals surface area contributed by atoms with Crippen molar-refractivity contribution < 1.29 is 0 Å². The lowest BCUT2D eigenvalue weighted by atomic mass is 9.58. The van der Waals surface area contributed by atoms with Crippen LogP contribution in [0.5, 0.6) is 0 Å². The van der Waals surface area contributed by atoms with Gasteiger partial charge >= 0.3 is 0 Å². The molecule has 0 radical (unpaired) electrons. The second-order valence-electron chi connectivity index (χ2n) is 6.42. The molecule has 3 rings (SSSR count). The van der Waals surface area contributed by atoms with Gasteiger partial charge in [0.05, 0.1) is 23.4 Å². The molecule has 1 aliphatic carbocycles. The Morgan fingerprint density at radius 2 is 1.92 bits per heavy atom. The van der Waals surface area contributed by atoms with E-state index in [9.17, 15) is 15.8 Å². The van der Waals surface area contributed by atoms with Gasteiger partial charge < -0.3 is 10.6 Å². The topological polar surface area (TPSA) is 101 Å². The number of rotatable bonds is 1. The second-order valence-corrected chi connectivity index (χ2v) is 7.27. The van der Waals surface area contributed by atoms with E-state index in [0.717, 1.165) is 15.6 Å². The molecule has 1 aliphatic heterocycles. The van der Waals surface area contributed by atoms with Gasteiger partial charge in [-0.25, -0.2) is 0 Å². The summed E-state index contributed by atoms with van der Waals surface area (Å²) in [4.78, 5) is 2.12. The molecule has 0 aromatic heterocycles. The summed E-state index contributed by atoms with van der Waals surface area (Å²) >= 11 is 3.55. The van der Waals surface area contributed by atoms with E-state index in [4.69, 9.17) is 5.73 Å². The fraction of sp³-hybridized carbons (Fsp3) is 0.316. The van der Waals surface area contributed by atoms with Crippen molar-refractivity contribution in [1.82, 2.24) is 4.90 Å². The molecular weight excluding hydrogens is 378 g/mol. The Hall–Kier alpha value is -2.59. The summed E-state index contributed by atoms with van der Waals surface area (Å²) in [5.74, 6) is -0.608. The molecule has 25 heavy (non-hydrogen) atoms. The van der Waals surface area contributed by atoms with E-state index in [1.54, 1.807) is 0 Å². The standard InChI is InChI=1S/C19H16BrN5/c1-25-7-6-12-14(8-21)18(24)19(10-22,11-23)17(15(12)9-25)13-4-2-3-5-16(13)20/h2-6,15,17H,7,9,24H2,1H3. The van der Waals surface area contributed by atoms with Crippen LogP contribution in [0.1, 0.15) is 11.5 Å². The summed E-state index contributed by atoms with van der Waals surface area (Å²) in [7, 11) is 1.98. The van der Waals surface area contributed by atoms with Crippen LogP contribution in [0.25, 0.3) is 0 Å². The minimum Gasteiger partial charge on any atom is -0.399 e. The zero-order chi connectivity index (χ0) is 18.2. The van der Waals surface area contributed by atoms with Crippen LogP contribution in [0.2, 0.25) is 0 Å². The largest absolute Gasteiger partial charge is 0.399 e. The maximum absolute atomic E-state index is 9.96. The number of nitrogens with two attached hydrogens (primary N) is 1. The number of allylic oxidation sites excluding steroid dienone is 2. The van der Waals surface area contributed by atoms with E-state index in [1.165, 1.54) is 0 Å². The van der Waals surface area contributed by atoms with Crippen molar-refractivity contribution in [3.8, 4) is 18.2 Å². The summed E-state index contributed by atoms with van der Waals surface area (Å²) in [6.45, 7) is 1.36. The van der Waals surface area contributed by atoms with E-state index < -0.39 is 11.3 Å². The van der Waals surface area contributed by atoms with Crippen LogP contribution >= 0.6 is 15.9 Å². The van der Waals surface area contributed by atoms with Crippen molar-refractivity contribution in [3.05, 3.63) is 57.2 Å². The van der Waals surface area contributed by atoms with Crippen LogP contribution in [0.15, 0.2) is 51.7 Å². The number of hydrogen-bond donors (Lipinski definition) is 1. The first-order chi connectivity index (χ1) is 12.0. The average Bonchev–Trinajstić information content (AvgIpc) is 2.62. The number of nitrogens with zero attached hydrogens (tertiary/aromatic N) is 4. The van der Waals surface area contributed by atoms with E-state index >= 15 is 0 Å². The lowest BCUT2D eigenvalue weighted by Gasteiger charge is -2.45. The van der Waals surface area contributed by atoms with Crippen LogP contribution in [0.3, 0.4) is 0 Å².